The number of carbonyl (C=O) groups is 1. The molecule has 0 spiro atoms. The Balaban J connectivity index is 1.43. The van der Waals surface area contributed by atoms with Crippen molar-refractivity contribution < 1.29 is 4.79 Å². The third-order valence-corrected chi connectivity index (χ3v) is 6.76. The van der Waals surface area contributed by atoms with Gasteiger partial charge in [-0.3, -0.25) is 4.79 Å². The molecule has 1 aromatic carbocycles. The van der Waals surface area contributed by atoms with Crippen molar-refractivity contribution in [2.24, 2.45) is 0 Å². The quantitative estimate of drug-likeness (QED) is 0.597. The first-order chi connectivity index (χ1) is 14.6. The molecule has 0 bridgehead atoms. The predicted molar refractivity (Wildman–Crippen MR) is 119 cm³/mol. The SMILES string of the molecule is Cc1cn2nc(-c3ccc4c(c3)CCN(C3CCCCCCC3)C4=O)cc(C)c2n1. The van der Waals surface area contributed by atoms with Crippen LogP contribution in [0.3, 0.4) is 0 Å². The van der Waals surface area contributed by atoms with Crippen molar-refractivity contribution in [2.45, 2.75) is 71.3 Å². The van der Waals surface area contributed by atoms with E-state index in [0.717, 1.165) is 65.1 Å². The van der Waals surface area contributed by atoms with E-state index in [9.17, 15) is 4.79 Å². The first kappa shape index (κ1) is 19.3. The molecule has 1 aliphatic heterocycles. The molecule has 0 radical (unpaired) electrons. The summed E-state index contributed by atoms with van der Waals surface area (Å²) in [5.74, 6) is 0.221. The molecule has 30 heavy (non-hydrogen) atoms. The maximum atomic E-state index is 13.3. The molecule has 1 fully saturated rings. The average molecular weight is 403 g/mol. The second-order valence-corrected chi connectivity index (χ2v) is 8.98. The molecule has 0 atom stereocenters. The minimum absolute atomic E-state index is 0.221. The van der Waals surface area contributed by atoms with Crippen molar-refractivity contribution >= 4 is 11.6 Å². The van der Waals surface area contributed by atoms with Crippen LogP contribution in [0.15, 0.2) is 30.5 Å². The molecule has 0 N–H and O–H groups in total. The topological polar surface area (TPSA) is 50.5 Å². The van der Waals surface area contributed by atoms with Crippen molar-refractivity contribution in [1.29, 1.82) is 0 Å². The Morgan fingerprint density at radius 1 is 1.00 bits per heavy atom. The normalized spacial score (nSPS) is 18.3. The molecule has 5 rings (SSSR count). The summed E-state index contributed by atoms with van der Waals surface area (Å²) in [4.78, 5) is 20.0. The minimum Gasteiger partial charge on any atom is -0.335 e. The second kappa shape index (κ2) is 7.86. The van der Waals surface area contributed by atoms with E-state index in [2.05, 4.69) is 35.0 Å². The standard InChI is InChI=1S/C25H30N4O/c1-17-14-23(27-29-16-18(2)26-24(17)29)20-10-11-22-19(15-20)12-13-28(25(22)30)21-8-6-4-3-5-7-9-21/h10-11,14-16,21H,3-9,12-13H2,1-2H3. The number of nitrogens with zero attached hydrogens (tertiary/aromatic N) is 4. The van der Waals surface area contributed by atoms with Crippen molar-refractivity contribution in [3.05, 3.63) is 52.8 Å². The van der Waals surface area contributed by atoms with E-state index in [1.807, 2.05) is 23.7 Å². The van der Waals surface area contributed by atoms with Crippen LogP contribution in [0.4, 0.5) is 0 Å². The lowest BCUT2D eigenvalue weighted by atomic mass is 9.91. The summed E-state index contributed by atoms with van der Waals surface area (Å²) in [5.41, 5.74) is 7.00. The van der Waals surface area contributed by atoms with Crippen molar-refractivity contribution in [3.63, 3.8) is 0 Å². The van der Waals surface area contributed by atoms with Crippen LogP contribution < -0.4 is 0 Å². The highest BCUT2D eigenvalue weighted by Gasteiger charge is 2.30. The summed E-state index contributed by atoms with van der Waals surface area (Å²) in [6.45, 7) is 4.90. The zero-order chi connectivity index (χ0) is 20.7. The molecule has 1 aliphatic carbocycles. The van der Waals surface area contributed by atoms with E-state index in [1.54, 1.807) is 0 Å². The van der Waals surface area contributed by atoms with Crippen molar-refractivity contribution in [2.75, 3.05) is 6.54 Å². The van der Waals surface area contributed by atoms with Gasteiger partial charge in [-0.2, -0.15) is 5.10 Å². The maximum Gasteiger partial charge on any atom is 0.254 e. The fourth-order valence-corrected chi connectivity index (χ4v) is 5.15. The van der Waals surface area contributed by atoms with Gasteiger partial charge in [-0.05, 0) is 62.4 Å². The number of carbonyl (C=O) groups excluding carboxylic acids is 1. The van der Waals surface area contributed by atoms with Crippen molar-refractivity contribution in [3.8, 4) is 11.3 Å². The maximum absolute atomic E-state index is 13.3. The zero-order valence-electron chi connectivity index (χ0n) is 18.0. The van der Waals surface area contributed by atoms with Gasteiger partial charge in [-0.1, -0.05) is 38.2 Å². The number of benzene rings is 1. The molecule has 5 nitrogen and oxygen atoms in total. The number of amides is 1. The van der Waals surface area contributed by atoms with E-state index in [4.69, 9.17) is 5.10 Å². The van der Waals surface area contributed by atoms with Gasteiger partial charge in [0.1, 0.15) is 0 Å². The molecule has 3 heterocycles. The fraction of sp³-hybridized carbons (Fsp3) is 0.480. The minimum atomic E-state index is 0.221. The van der Waals surface area contributed by atoms with Gasteiger partial charge in [0.2, 0.25) is 0 Å². The Morgan fingerprint density at radius 3 is 2.57 bits per heavy atom. The summed E-state index contributed by atoms with van der Waals surface area (Å²) in [6, 6.07) is 8.75. The van der Waals surface area contributed by atoms with Gasteiger partial charge < -0.3 is 4.90 Å². The Hall–Kier alpha value is -2.69. The number of fused-ring (bicyclic) bond motifs is 2. The molecule has 2 aliphatic rings. The molecular formula is C25H30N4O. The third kappa shape index (κ3) is 3.51. The molecule has 2 aromatic heterocycles. The van der Waals surface area contributed by atoms with Crippen LogP contribution in [0, 0.1) is 13.8 Å². The van der Waals surface area contributed by atoms with Gasteiger partial charge in [0.25, 0.3) is 5.91 Å². The van der Waals surface area contributed by atoms with Crippen LogP contribution >= 0.6 is 0 Å². The van der Waals surface area contributed by atoms with Crippen LogP contribution in [-0.4, -0.2) is 38.0 Å². The molecule has 1 amide bonds. The smallest absolute Gasteiger partial charge is 0.254 e. The van der Waals surface area contributed by atoms with E-state index >= 15 is 0 Å². The Morgan fingerprint density at radius 2 is 1.77 bits per heavy atom. The van der Waals surface area contributed by atoms with Gasteiger partial charge in [-0.15, -0.1) is 0 Å². The van der Waals surface area contributed by atoms with Crippen LogP contribution in [0.5, 0.6) is 0 Å². The van der Waals surface area contributed by atoms with Gasteiger partial charge in [0.05, 0.1) is 17.6 Å². The number of hydrogen-bond acceptors (Lipinski definition) is 3. The molecule has 1 saturated carbocycles. The lowest BCUT2D eigenvalue weighted by molar-refractivity contribution is 0.0628. The number of aryl methyl sites for hydroxylation is 2. The van der Waals surface area contributed by atoms with Crippen LogP contribution in [0.2, 0.25) is 0 Å². The van der Waals surface area contributed by atoms with E-state index < -0.39 is 0 Å². The monoisotopic (exact) mass is 402 g/mol. The predicted octanol–water partition coefficient (Wildman–Crippen LogP) is 5.12. The third-order valence-electron chi connectivity index (χ3n) is 6.76. The van der Waals surface area contributed by atoms with Crippen LogP contribution in [0.1, 0.15) is 72.1 Å². The largest absolute Gasteiger partial charge is 0.335 e. The van der Waals surface area contributed by atoms with E-state index in [1.165, 1.54) is 32.1 Å². The Bertz CT molecular complexity index is 1090. The number of hydrogen-bond donors (Lipinski definition) is 0. The first-order valence-corrected chi connectivity index (χ1v) is 11.4. The Kier molecular flexibility index (Phi) is 5.05. The number of imidazole rings is 1. The van der Waals surface area contributed by atoms with Crippen molar-refractivity contribution in [1.82, 2.24) is 19.5 Å². The molecular weight excluding hydrogens is 372 g/mol. The summed E-state index contributed by atoms with van der Waals surface area (Å²) >= 11 is 0. The molecule has 3 aromatic rings. The lowest BCUT2D eigenvalue weighted by Crippen LogP contribution is -2.45. The highest BCUT2D eigenvalue weighted by molar-refractivity contribution is 5.97. The van der Waals surface area contributed by atoms with Gasteiger partial charge in [0.15, 0.2) is 5.65 Å². The highest BCUT2D eigenvalue weighted by atomic mass is 16.2. The van der Waals surface area contributed by atoms with Gasteiger partial charge in [0, 0.05) is 23.7 Å². The molecule has 5 heteroatoms. The summed E-state index contributed by atoms with van der Waals surface area (Å²) in [7, 11) is 0. The summed E-state index contributed by atoms with van der Waals surface area (Å²) in [6.07, 6.45) is 11.7. The van der Waals surface area contributed by atoms with E-state index in [0.29, 0.717) is 6.04 Å². The lowest BCUT2D eigenvalue weighted by Gasteiger charge is -2.36. The highest BCUT2D eigenvalue weighted by Crippen LogP contribution is 2.30. The van der Waals surface area contributed by atoms with Crippen LogP contribution in [-0.2, 0) is 6.42 Å². The van der Waals surface area contributed by atoms with Gasteiger partial charge >= 0.3 is 0 Å². The summed E-state index contributed by atoms with van der Waals surface area (Å²) in [5, 5.41) is 4.76. The summed E-state index contributed by atoms with van der Waals surface area (Å²) < 4.78 is 1.86. The Labute approximate surface area is 178 Å². The number of rotatable bonds is 2. The van der Waals surface area contributed by atoms with E-state index in [-0.39, 0.29) is 5.91 Å². The average Bonchev–Trinajstić information content (AvgIpc) is 3.09. The molecule has 156 valence electrons. The van der Waals surface area contributed by atoms with Gasteiger partial charge in [-0.25, -0.2) is 9.50 Å². The molecule has 0 unspecified atom stereocenters. The zero-order valence-corrected chi connectivity index (χ0v) is 18.0. The number of aromatic nitrogens is 3. The molecule has 0 saturated heterocycles. The van der Waals surface area contributed by atoms with Crippen LogP contribution in [0.25, 0.3) is 16.9 Å². The fourth-order valence-electron chi connectivity index (χ4n) is 5.15. The first-order valence-electron chi connectivity index (χ1n) is 11.4. The second-order valence-electron chi connectivity index (χ2n) is 8.98.